The van der Waals surface area contributed by atoms with E-state index in [9.17, 15) is 13.6 Å². The van der Waals surface area contributed by atoms with Crippen molar-refractivity contribution >= 4 is 23.2 Å². The Bertz CT molecular complexity index is 707. The van der Waals surface area contributed by atoms with Crippen LogP contribution in [-0.4, -0.2) is 5.91 Å². The second-order valence-corrected chi connectivity index (χ2v) is 4.23. The van der Waals surface area contributed by atoms with E-state index in [0.29, 0.717) is 11.1 Å². The standard InChI is InChI=1S/C15H9F2NO/c16-12-6-5-9(8-13(12)17)7-11-10-3-1-2-4-14(10)18-15(11)19/h1-8H,(H,18,19)/b11-7-. The van der Waals surface area contributed by atoms with Crippen molar-refractivity contribution in [3.8, 4) is 0 Å². The summed E-state index contributed by atoms with van der Waals surface area (Å²) in [5, 5.41) is 2.72. The van der Waals surface area contributed by atoms with Crippen molar-refractivity contribution in [1.82, 2.24) is 0 Å². The molecule has 1 aliphatic rings. The van der Waals surface area contributed by atoms with Gasteiger partial charge in [-0.05, 0) is 29.8 Å². The lowest BCUT2D eigenvalue weighted by molar-refractivity contribution is -0.110. The number of nitrogens with one attached hydrogen (secondary N) is 1. The van der Waals surface area contributed by atoms with Crippen molar-refractivity contribution in [1.29, 1.82) is 0 Å². The summed E-state index contributed by atoms with van der Waals surface area (Å²) < 4.78 is 26.0. The molecule has 0 aromatic heterocycles. The molecule has 2 aromatic carbocycles. The molecule has 94 valence electrons. The lowest BCUT2D eigenvalue weighted by Gasteiger charge is -1.99. The Morgan fingerprint density at radius 3 is 2.58 bits per heavy atom. The quantitative estimate of drug-likeness (QED) is 0.779. The van der Waals surface area contributed by atoms with Crippen molar-refractivity contribution < 1.29 is 13.6 Å². The fraction of sp³-hybridized carbons (Fsp3) is 0. The second kappa shape index (κ2) is 4.31. The highest BCUT2D eigenvalue weighted by Crippen LogP contribution is 2.32. The summed E-state index contributed by atoms with van der Waals surface area (Å²) in [6, 6.07) is 10.8. The highest BCUT2D eigenvalue weighted by Gasteiger charge is 2.23. The SMILES string of the molecule is O=C1Nc2ccccc2/C1=C/c1ccc(F)c(F)c1. The van der Waals surface area contributed by atoms with Crippen LogP contribution >= 0.6 is 0 Å². The molecule has 1 aliphatic heterocycles. The van der Waals surface area contributed by atoms with E-state index in [4.69, 9.17) is 0 Å². The minimum absolute atomic E-state index is 0.245. The molecule has 0 spiro atoms. The zero-order valence-electron chi connectivity index (χ0n) is 9.78. The average molecular weight is 257 g/mol. The minimum atomic E-state index is -0.930. The maximum absolute atomic E-state index is 13.1. The van der Waals surface area contributed by atoms with E-state index in [1.165, 1.54) is 6.07 Å². The van der Waals surface area contributed by atoms with E-state index in [2.05, 4.69) is 5.32 Å². The van der Waals surface area contributed by atoms with Crippen LogP contribution in [0.1, 0.15) is 11.1 Å². The Labute approximate surface area is 108 Å². The monoisotopic (exact) mass is 257 g/mol. The Balaban J connectivity index is 2.08. The third kappa shape index (κ3) is 2.01. The summed E-state index contributed by atoms with van der Waals surface area (Å²) in [6.07, 6.45) is 1.55. The normalized spacial score (nSPS) is 15.5. The molecule has 2 aromatic rings. The van der Waals surface area contributed by atoms with Gasteiger partial charge in [0.25, 0.3) is 5.91 Å². The van der Waals surface area contributed by atoms with Gasteiger partial charge in [0.1, 0.15) is 0 Å². The summed E-state index contributed by atoms with van der Waals surface area (Å²) in [7, 11) is 0. The van der Waals surface area contributed by atoms with Gasteiger partial charge in [-0.2, -0.15) is 0 Å². The van der Waals surface area contributed by atoms with Gasteiger partial charge in [-0.15, -0.1) is 0 Å². The molecule has 4 heteroatoms. The van der Waals surface area contributed by atoms with Crippen molar-refractivity contribution in [2.45, 2.75) is 0 Å². The van der Waals surface area contributed by atoms with Crippen molar-refractivity contribution in [3.05, 3.63) is 65.2 Å². The van der Waals surface area contributed by atoms with Crippen LogP contribution < -0.4 is 5.32 Å². The smallest absolute Gasteiger partial charge is 0.256 e. The number of halogens is 2. The predicted molar refractivity (Wildman–Crippen MR) is 69.3 cm³/mol. The summed E-state index contributed by atoms with van der Waals surface area (Å²) in [5.74, 6) is -2.08. The Morgan fingerprint density at radius 1 is 1.00 bits per heavy atom. The van der Waals surface area contributed by atoms with Crippen LogP contribution in [0.3, 0.4) is 0 Å². The first-order valence-corrected chi connectivity index (χ1v) is 5.72. The molecule has 0 fully saturated rings. The van der Waals surface area contributed by atoms with Crippen LogP contribution in [0.15, 0.2) is 42.5 Å². The van der Waals surface area contributed by atoms with Crippen molar-refractivity contribution in [2.24, 2.45) is 0 Å². The number of anilines is 1. The van der Waals surface area contributed by atoms with Gasteiger partial charge < -0.3 is 5.32 Å². The summed E-state index contributed by atoms with van der Waals surface area (Å²) >= 11 is 0. The van der Waals surface area contributed by atoms with E-state index in [1.54, 1.807) is 18.2 Å². The van der Waals surface area contributed by atoms with Gasteiger partial charge in [-0.25, -0.2) is 8.78 Å². The first-order chi connectivity index (χ1) is 9.15. The first kappa shape index (κ1) is 11.6. The Hall–Kier alpha value is -2.49. The van der Waals surface area contributed by atoms with Gasteiger partial charge in [0.05, 0.1) is 0 Å². The summed E-state index contributed by atoms with van der Waals surface area (Å²) in [4.78, 5) is 11.8. The molecule has 3 rings (SSSR count). The number of rotatable bonds is 1. The maximum atomic E-state index is 13.1. The first-order valence-electron chi connectivity index (χ1n) is 5.72. The third-order valence-corrected chi connectivity index (χ3v) is 2.96. The molecule has 1 heterocycles. The van der Waals surface area contributed by atoms with E-state index in [1.807, 2.05) is 12.1 Å². The van der Waals surface area contributed by atoms with Gasteiger partial charge in [0.15, 0.2) is 11.6 Å². The molecule has 2 nitrogen and oxygen atoms in total. The second-order valence-electron chi connectivity index (χ2n) is 4.23. The third-order valence-electron chi connectivity index (χ3n) is 2.96. The van der Waals surface area contributed by atoms with Crippen LogP contribution in [0, 0.1) is 11.6 Å². The molecule has 1 amide bonds. The molecular weight excluding hydrogens is 248 g/mol. The highest BCUT2D eigenvalue weighted by molar-refractivity contribution is 6.34. The van der Waals surface area contributed by atoms with E-state index in [0.717, 1.165) is 23.4 Å². The summed E-state index contributed by atoms with van der Waals surface area (Å²) in [6.45, 7) is 0. The number of carbonyl (C=O) groups excluding carboxylic acids is 1. The summed E-state index contributed by atoms with van der Waals surface area (Å²) in [5.41, 5.74) is 2.38. The molecule has 0 saturated carbocycles. The maximum Gasteiger partial charge on any atom is 0.256 e. The van der Waals surface area contributed by atoms with E-state index >= 15 is 0 Å². The number of hydrogen-bond donors (Lipinski definition) is 1. The van der Waals surface area contributed by atoms with Crippen LogP contribution in [0.5, 0.6) is 0 Å². The van der Waals surface area contributed by atoms with Gasteiger partial charge in [-0.1, -0.05) is 24.3 Å². The van der Waals surface area contributed by atoms with Crippen molar-refractivity contribution in [3.63, 3.8) is 0 Å². The zero-order valence-corrected chi connectivity index (χ0v) is 9.78. The topological polar surface area (TPSA) is 29.1 Å². The molecule has 0 unspecified atom stereocenters. The van der Waals surface area contributed by atoms with Gasteiger partial charge in [-0.3, -0.25) is 4.79 Å². The number of fused-ring (bicyclic) bond motifs is 1. The number of hydrogen-bond acceptors (Lipinski definition) is 1. The lowest BCUT2D eigenvalue weighted by Crippen LogP contribution is -2.03. The van der Waals surface area contributed by atoms with Gasteiger partial charge in [0.2, 0.25) is 0 Å². The lowest BCUT2D eigenvalue weighted by atomic mass is 10.0. The van der Waals surface area contributed by atoms with Gasteiger partial charge in [0, 0.05) is 16.8 Å². The number of amides is 1. The van der Waals surface area contributed by atoms with Crippen LogP contribution in [0.2, 0.25) is 0 Å². The minimum Gasteiger partial charge on any atom is -0.321 e. The number of benzene rings is 2. The number of carbonyl (C=O) groups is 1. The zero-order chi connectivity index (χ0) is 13.4. The molecule has 0 aliphatic carbocycles. The molecule has 0 radical (unpaired) electrons. The molecule has 1 N–H and O–H groups in total. The predicted octanol–water partition coefficient (Wildman–Crippen LogP) is 3.46. The highest BCUT2D eigenvalue weighted by atomic mass is 19.2. The van der Waals surface area contributed by atoms with Crippen molar-refractivity contribution in [2.75, 3.05) is 5.32 Å². The van der Waals surface area contributed by atoms with E-state index < -0.39 is 11.6 Å². The van der Waals surface area contributed by atoms with Crippen LogP contribution in [0.4, 0.5) is 14.5 Å². The Kier molecular flexibility index (Phi) is 2.63. The van der Waals surface area contributed by atoms with Crippen LogP contribution in [0.25, 0.3) is 11.6 Å². The fourth-order valence-electron chi connectivity index (χ4n) is 2.05. The van der Waals surface area contributed by atoms with Crippen LogP contribution in [-0.2, 0) is 4.79 Å². The Morgan fingerprint density at radius 2 is 1.79 bits per heavy atom. The molecular formula is C15H9F2NO. The van der Waals surface area contributed by atoms with E-state index in [-0.39, 0.29) is 5.91 Å². The fourth-order valence-corrected chi connectivity index (χ4v) is 2.05. The molecule has 19 heavy (non-hydrogen) atoms. The molecule has 0 saturated heterocycles. The number of para-hydroxylation sites is 1. The van der Waals surface area contributed by atoms with Gasteiger partial charge >= 0.3 is 0 Å². The largest absolute Gasteiger partial charge is 0.321 e. The average Bonchev–Trinajstić information content (AvgIpc) is 2.71. The molecule has 0 atom stereocenters. The molecule has 0 bridgehead atoms.